The molecule has 0 aliphatic heterocycles. The van der Waals surface area contributed by atoms with E-state index in [0.717, 1.165) is 34.2 Å². The third-order valence-corrected chi connectivity index (χ3v) is 5.64. The van der Waals surface area contributed by atoms with Crippen molar-refractivity contribution in [1.82, 2.24) is 10.2 Å². The van der Waals surface area contributed by atoms with E-state index in [9.17, 15) is 9.00 Å². The summed E-state index contributed by atoms with van der Waals surface area (Å²) in [5, 5.41) is 10.5. The molecule has 2 rings (SSSR count). The summed E-state index contributed by atoms with van der Waals surface area (Å²) in [6, 6.07) is 11.9. The van der Waals surface area contributed by atoms with Crippen LogP contribution in [0.1, 0.15) is 32.6 Å². The molecular weight excluding hydrogens is 350 g/mol. The fraction of sp³-hybridized carbons (Fsp3) is 0.421. The van der Waals surface area contributed by atoms with Crippen LogP contribution < -0.4 is 15.1 Å². The Kier molecular flexibility index (Phi) is 7.56. The summed E-state index contributed by atoms with van der Waals surface area (Å²) in [5.74, 6) is -0.373. The molecule has 2 atom stereocenters. The summed E-state index contributed by atoms with van der Waals surface area (Å²) in [7, 11) is 2.68. The monoisotopic (exact) mass is 377 g/mol. The lowest BCUT2D eigenvalue weighted by atomic mass is 10.1. The number of fused-ring (bicyclic) bond motifs is 1. The Morgan fingerprint density at radius 1 is 1.15 bits per heavy atom. The zero-order valence-electron chi connectivity index (χ0n) is 15.5. The molecule has 0 bridgehead atoms. The van der Waals surface area contributed by atoms with E-state index in [1.54, 1.807) is 5.48 Å². The molecule has 7 heteroatoms. The van der Waals surface area contributed by atoms with Gasteiger partial charge in [-0.1, -0.05) is 30.7 Å². The molecule has 142 valence electrons. The van der Waals surface area contributed by atoms with E-state index in [-0.39, 0.29) is 11.9 Å². The second kappa shape index (κ2) is 9.66. The molecule has 0 saturated carbocycles. The highest BCUT2D eigenvalue weighted by Crippen LogP contribution is 2.29. The van der Waals surface area contributed by atoms with Crippen LogP contribution in [0.2, 0.25) is 0 Å². The van der Waals surface area contributed by atoms with E-state index in [4.69, 9.17) is 5.21 Å². The predicted molar refractivity (Wildman–Crippen MR) is 106 cm³/mol. The minimum absolute atomic E-state index is 0.0558. The van der Waals surface area contributed by atoms with Crippen LogP contribution in [0.4, 0.5) is 5.69 Å². The number of hydrogen-bond acceptors (Lipinski definition) is 4. The van der Waals surface area contributed by atoms with Crippen LogP contribution in [0, 0.1) is 0 Å². The van der Waals surface area contributed by atoms with E-state index in [1.807, 2.05) is 62.3 Å². The Balaban J connectivity index is 2.03. The minimum Gasteiger partial charge on any atom is -0.377 e. The van der Waals surface area contributed by atoms with Crippen LogP contribution in [-0.4, -0.2) is 35.5 Å². The molecule has 0 aromatic heterocycles. The molecule has 2 aromatic carbocycles. The van der Waals surface area contributed by atoms with Crippen molar-refractivity contribution in [2.45, 2.75) is 43.5 Å². The minimum atomic E-state index is -1.31. The molecule has 2 aromatic rings. The van der Waals surface area contributed by atoms with Crippen molar-refractivity contribution in [3.8, 4) is 0 Å². The van der Waals surface area contributed by atoms with Crippen LogP contribution in [0.25, 0.3) is 10.8 Å². The highest BCUT2D eigenvalue weighted by molar-refractivity contribution is 7.83. The number of hydrogen-bond donors (Lipinski definition) is 3. The van der Waals surface area contributed by atoms with Crippen molar-refractivity contribution in [2.75, 3.05) is 19.0 Å². The lowest BCUT2D eigenvalue weighted by Crippen LogP contribution is -2.28. The van der Waals surface area contributed by atoms with E-state index < -0.39 is 11.0 Å². The van der Waals surface area contributed by atoms with E-state index in [2.05, 4.69) is 4.72 Å². The average Bonchev–Trinajstić information content (AvgIpc) is 2.63. The Morgan fingerprint density at radius 3 is 2.54 bits per heavy atom. The first-order valence-corrected chi connectivity index (χ1v) is 9.89. The van der Waals surface area contributed by atoms with Gasteiger partial charge in [-0.2, -0.15) is 0 Å². The second-order valence-corrected chi connectivity index (χ2v) is 7.80. The highest BCUT2D eigenvalue weighted by atomic mass is 32.2. The number of nitrogens with zero attached hydrogens (tertiary/aromatic N) is 1. The Bertz CT molecular complexity index is 780. The number of nitrogens with one attached hydrogen (secondary N) is 2. The number of anilines is 1. The van der Waals surface area contributed by atoms with Crippen molar-refractivity contribution in [3.63, 3.8) is 0 Å². The first-order valence-electron chi connectivity index (χ1n) is 8.74. The van der Waals surface area contributed by atoms with Gasteiger partial charge in [-0.15, -0.1) is 0 Å². The lowest BCUT2D eigenvalue weighted by molar-refractivity contribution is -0.129. The third-order valence-electron chi connectivity index (χ3n) is 4.26. The highest BCUT2D eigenvalue weighted by Gasteiger charge is 2.13. The van der Waals surface area contributed by atoms with Crippen molar-refractivity contribution in [3.05, 3.63) is 36.4 Å². The number of rotatable bonds is 9. The number of unbranched alkanes of at least 4 members (excludes halogenated alkanes) is 1. The summed E-state index contributed by atoms with van der Waals surface area (Å²) >= 11 is 0. The molecule has 0 saturated heterocycles. The molecule has 6 nitrogen and oxygen atoms in total. The van der Waals surface area contributed by atoms with E-state index in [0.29, 0.717) is 12.8 Å². The fourth-order valence-electron chi connectivity index (χ4n) is 2.91. The maximum absolute atomic E-state index is 12.8. The molecule has 0 fully saturated rings. The van der Waals surface area contributed by atoms with Crippen molar-refractivity contribution in [1.29, 1.82) is 0 Å². The number of carbonyl (C=O) groups is 1. The summed E-state index contributed by atoms with van der Waals surface area (Å²) in [6.07, 6.45) is 2.60. The van der Waals surface area contributed by atoms with Gasteiger partial charge < -0.3 is 4.90 Å². The summed E-state index contributed by atoms with van der Waals surface area (Å²) < 4.78 is 16.0. The number of amides is 1. The van der Waals surface area contributed by atoms with Crippen LogP contribution >= 0.6 is 0 Å². The van der Waals surface area contributed by atoms with Crippen LogP contribution in [0.3, 0.4) is 0 Å². The number of carbonyl (C=O) groups excluding carboxylic acids is 1. The maximum atomic E-state index is 12.8. The van der Waals surface area contributed by atoms with Gasteiger partial charge in [0.05, 0.1) is 4.90 Å². The van der Waals surface area contributed by atoms with Crippen molar-refractivity contribution < 1.29 is 14.2 Å². The zero-order chi connectivity index (χ0) is 19.1. The normalized spacial score (nSPS) is 13.4. The van der Waals surface area contributed by atoms with Crippen molar-refractivity contribution in [2.24, 2.45) is 0 Å². The van der Waals surface area contributed by atoms with Crippen molar-refractivity contribution >= 4 is 33.4 Å². The van der Waals surface area contributed by atoms with Gasteiger partial charge in [0.2, 0.25) is 5.91 Å². The topological polar surface area (TPSA) is 81.7 Å². The molecule has 0 aliphatic rings. The maximum Gasteiger partial charge on any atom is 0.243 e. The molecule has 0 aliphatic carbocycles. The molecule has 0 radical (unpaired) electrons. The standard InChI is InChI=1S/C19H27N3O3S/c1-14(8-4-5-13-19(23)20-24)21-26(25)18-12-7-9-15-16(18)10-6-11-17(15)22(2)3/h6-7,9-12,14,21,24H,4-5,8,13H2,1-3H3,(H,20,23). The van der Waals surface area contributed by atoms with Gasteiger partial charge in [-0.3, -0.25) is 10.0 Å². The lowest BCUT2D eigenvalue weighted by Gasteiger charge is -2.18. The molecule has 1 amide bonds. The van der Waals surface area contributed by atoms with Gasteiger partial charge in [-0.05, 0) is 31.9 Å². The van der Waals surface area contributed by atoms with Crippen LogP contribution in [0.5, 0.6) is 0 Å². The van der Waals surface area contributed by atoms with Crippen LogP contribution in [0.15, 0.2) is 41.3 Å². The van der Waals surface area contributed by atoms with Gasteiger partial charge >= 0.3 is 0 Å². The molecule has 3 N–H and O–H groups in total. The smallest absolute Gasteiger partial charge is 0.243 e. The Morgan fingerprint density at radius 2 is 1.85 bits per heavy atom. The fourth-order valence-corrected chi connectivity index (χ4v) is 4.10. The number of benzene rings is 2. The van der Waals surface area contributed by atoms with Gasteiger partial charge in [0.1, 0.15) is 11.0 Å². The second-order valence-electron chi connectivity index (χ2n) is 6.59. The molecule has 26 heavy (non-hydrogen) atoms. The summed E-state index contributed by atoms with van der Waals surface area (Å²) in [4.78, 5) is 13.8. The molecule has 0 spiro atoms. The van der Waals surface area contributed by atoms with Gasteiger partial charge in [0.15, 0.2) is 0 Å². The average molecular weight is 378 g/mol. The van der Waals surface area contributed by atoms with Crippen LogP contribution in [-0.2, 0) is 15.8 Å². The molecular formula is C19H27N3O3S. The summed E-state index contributed by atoms with van der Waals surface area (Å²) in [5.41, 5.74) is 2.72. The van der Waals surface area contributed by atoms with E-state index in [1.165, 1.54) is 0 Å². The molecule has 0 heterocycles. The quantitative estimate of drug-likeness (QED) is 0.356. The first kappa shape index (κ1) is 20.4. The Hall–Kier alpha value is -1.96. The largest absolute Gasteiger partial charge is 0.377 e. The van der Waals surface area contributed by atoms with Gasteiger partial charge in [0.25, 0.3) is 0 Å². The Labute approximate surface area is 157 Å². The number of hydroxylamine groups is 1. The van der Waals surface area contributed by atoms with E-state index >= 15 is 0 Å². The zero-order valence-corrected chi connectivity index (χ0v) is 16.3. The predicted octanol–water partition coefficient (Wildman–Crippen LogP) is 2.97. The third kappa shape index (κ3) is 5.27. The summed E-state index contributed by atoms with van der Waals surface area (Å²) in [6.45, 7) is 1.99. The molecule has 2 unspecified atom stereocenters. The first-order chi connectivity index (χ1) is 12.4. The van der Waals surface area contributed by atoms with Gasteiger partial charge in [-0.25, -0.2) is 14.4 Å². The van der Waals surface area contributed by atoms with Gasteiger partial charge in [0, 0.05) is 43.0 Å². The SMILES string of the molecule is CC(CCCCC(=O)NO)NS(=O)c1cccc2c(N(C)C)cccc12.